The van der Waals surface area contributed by atoms with Gasteiger partial charge in [-0.2, -0.15) is 9.97 Å². The summed E-state index contributed by atoms with van der Waals surface area (Å²) in [4.78, 5) is 20.1. The maximum absolute atomic E-state index is 6.56. The molecule has 2 N–H and O–H groups in total. The Kier molecular flexibility index (Phi) is 9.32. The highest BCUT2D eigenvalue weighted by Gasteiger charge is 2.21. The zero-order valence-corrected chi connectivity index (χ0v) is 20.9. The van der Waals surface area contributed by atoms with Crippen molar-refractivity contribution in [3.63, 3.8) is 0 Å². The fraction of sp³-hybridized carbons (Fsp3) is 0.609. The van der Waals surface area contributed by atoms with Crippen molar-refractivity contribution in [2.45, 2.75) is 54.0 Å². The average molecular weight is 448 g/mol. The van der Waals surface area contributed by atoms with Gasteiger partial charge in [0.25, 0.3) is 0 Å². The minimum Gasteiger partial charge on any atom is -0.368 e. The summed E-state index contributed by atoms with van der Waals surface area (Å²) in [7, 11) is 4.03. The van der Waals surface area contributed by atoms with Crippen molar-refractivity contribution in [3.05, 3.63) is 33.7 Å². The Morgan fingerprint density at radius 3 is 2.16 bits per heavy atom. The minimum absolute atomic E-state index is 0.173. The van der Waals surface area contributed by atoms with E-state index in [0.29, 0.717) is 11.7 Å². The highest BCUT2D eigenvalue weighted by atomic mass is 35.5. The Bertz CT molecular complexity index is 865. The van der Waals surface area contributed by atoms with E-state index >= 15 is 0 Å². The number of hydrogen-bond acceptors (Lipinski definition) is 7. The van der Waals surface area contributed by atoms with E-state index < -0.39 is 0 Å². The molecule has 2 aromatic rings. The van der Waals surface area contributed by atoms with E-state index in [1.165, 1.54) is 16.7 Å². The van der Waals surface area contributed by atoms with Gasteiger partial charge in [0.1, 0.15) is 5.69 Å². The molecule has 2 heterocycles. The first-order valence-electron chi connectivity index (χ1n) is 11.1. The van der Waals surface area contributed by atoms with E-state index in [4.69, 9.17) is 17.3 Å². The molecule has 0 bridgehead atoms. The van der Waals surface area contributed by atoms with Gasteiger partial charge in [-0.25, -0.2) is 0 Å². The lowest BCUT2D eigenvalue weighted by atomic mass is 10.0. The number of aryl methyl sites for hydroxylation is 1. The van der Waals surface area contributed by atoms with Crippen molar-refractivity contribution in [1.82, 2.24) is 19.9 Å². The first kappa shape index (κ1) is 25.1. The van der Waals surface area contributed by atoms with Crippen LogP contribution in [-0.2, 0) is 6.54 Å². The molecule has 0 aromatic carbocycles. The molecule has 2 rings (SSSR count). The largest absolute Gasteiger partial charge is 0.368 e. The zero-order chi connectivity index (χ0) is 23.1. The number of halogens is 1. The normalized spacial score (nSPS) is 11.3. The van der Waals surface area contributed by atoms with Gasteiger partial charge in [0.2, 0.25) is 5.95 Å². The molecule has 8 heteroatoms. The average Bonchev–Trinajstić information content (AvgIpc) is 2.72. The summed E-state index contributed by atoms with van der Waals surface area (Å²) in [5.41, 5.74) is 11.4. The van der Waals surface area contributed by atoms with Crippen molar-refractivity contribution in [2.24, 2.45) is 0 Å². The molecular formula is C23H38ClN7. The van der Waals surface area contributed by atoms with Crippen molar-refractivity contribution in [3.8, 4) is 0 Å². The number of nitrogens with zero attached hydrogens (tertiary/aromatic N) is 6. The Labute approximate surface area is 192 Å². The van der Waals surface area contributed by atoms with E-state index in [0.717, 1.165) is 56.2 Å². The molecule has 0 aliphatic heterocycles. The topological polar surface area (TPSA) is 74.4 Å². The van der Waals surface area contributed by atoms with E-state index in [1.54, 1.807) is 0 Å². The van der Waals surface area contributed by atoms with Gasteiger partial charge in [-0.05, 0) is 63.4 Å². The number of aromatic nitrogens is 3. The Balaban J connectivity index is 2.28. The third-order valence-electron chi connectivity index (χ3n) is 5.80. The monoisotopic (exact) mass is 447 g/mol. The van der Waals surface area contributed by atoms with Crippen LogP contribution in [0.5, 0.6) is 0 Å². The lowest BCUT2D eigenvalue weighted by Gasteiger charge is -2.30. The molecule has 0 saturated heterocycles. The predicted octanol–water partition coefficient (Wildman–Crippen LogP) is 4.23. The fourth-order valence-electron chi connectivity index (χ4n) is 3.74. The van der Waals surface area contributed by atoms with Crippen molar-refractivity contribution in [2.75, 3.05) is 55.8 Å². The van der Waals surface area contributed by atoms with Crippen LogP contribution in [-0.4, -0.2) is 60.1 Å². The number of hydrogen-bond donors (Lipinski definition) is 1. The summed E-state index contributed by atoms with van der Waals surface area (Å²) < 4.78 is 0. The quantitative estimate of drug-likeness (QED) is 0.516. The standard InChI is InChI=1S/C23H38ClN7/c1-8-10-31(11-9-2)13-12-29(6)20-21(24)27-23(25)28-22(20)30(7)15-19-18(5)17(4)16(3)14-26-19/h14H,8-13,15H2,1-7H3,(H2,25,27,28). The third kappa shape index (κ3) is 6.43. The summed E-state index contributed by atoms with van der Waals surface area (Å²) in [6, 6.07) is 0. The second-order valence-corrected chi connectivity index (χ2v) is 8.66. The number of nitrogen functional groups attached to an aromatic ring is 1. The Morgan fingerprint density at radius 1 is 0.903 bits per heavy atom. The number of anilines is 3. The fourth-order valence-corrected chi connectivity index (χ4v) is 4.05. The summed E-state index contributed by atoms with van der Waals surface area (Å²) in [5, 5.41) is 0.374. The third-order valence-corrected chi connectivity index (χ3v) is 6.07. The zero-order valence-electron chi connectivity index (χ0n) is 20.2. The number of likely N-dealkylation sites (N-methyl/N-ethyl adjacent to an activating group) is 1. The van der Waals surface area contributed by atoms with Gasteiger partial charge < -0.3 is 20.4 Å². The first-order valence-corrected chi connectivity index (χ1v) is 11.5. The van der Waals surface area contributed by atoms with Crippen molar-refractivity contribution >= 4 is 29.1 Å². The lowest BCUT2D eigenvalue weighted by Crippen LogP contribution is -2.35. The second-order valence-electron chi connectivity index (χ2n) is 8.30. The van der Waals surface area contributed by atoms with E-state index in [-0.39, 0.29) is 5.95 Å². The molecule has 0 aliphatic rings. The molecule has 2 aromatic heterocycles. The highest BCUT2D eigenvalue weighted by molar-refractivity contribution is 6.32. The van der Waals surface area contributed by atoms with E-state index in [2.05, 4.69) is 64.3 Å². The predicted molar refractivity (Wildman–Crippen MR) is 132 cm³/mol. The van der Waals surface area contributed by atoms with Gasteiger partial charge in [0, 0.05) is 33.4 Å². The van der Waals surface area contributed by atoms with Crippen LogP contribution in [0.25, 0.3) is 0 Å². The summed E-state index contributed by atoms with van der Waals surface area (Å²) in [5.74, 6) is 0.893. The van der Waals surface area contributed by atoms with Gasteiger partial charge in [-0.3, -0.25) is 4.98 Å². The first-order chi connectivity index (χ1) is 14.7. The smallest absolute Gasteiger partial charge is 0.223 e. The minimum atomic E-state index is 0.173. The van der Waals surface area contributed by atoms with Gasteiger partial charge >= 0.3 is 0 Å². The molecule has 31 heavy (non-hydrogen) atoms. The van der Waals surface area contributed by atoms with E-state index in [9.17, 15) is 0 Å². The molecule has 0 radical (unpaired) electrons. The Hall–Kier alpha value is -2.12. The molecule has 0 atom stereocenters. The lowest BCUT2D eigenvalue weighted by molar-refractivity contribution is 0.281. The Morgan fingerprint density at radius 2 is 1.55 bits per heavy atom. The maximum Gasteiger partial charge on any atom is 0.223 e. The molecule has 0 amide bonds. The van der Waals surface area contributed by atoms with E-state index in [1.807, 2.05) is 20.3 Å². The van der Waals surface area contributed by atoms with Crippen LogP contribution < -0.4 is 15.5 Å². The molecular weight excluding hydrogens is 410 g/mol. The number of nitrogens with two attached hydrogens (primary N) is 1. The molecule has 0 saturated carbocycles. The van der Waals surface area contributed by atoms with Crippen LogP contribution in [0.15, 0.2) is 6.20 Å². The van der Waals surface area contributed by atoms with Crippen molar-refractivity contribution < 1.29 is 0 Å². The molecule has 7 nitrogen and oxygen atoms in total. The molecule has 0 unspecified atom stereocenters. The summed E-state index contributed by atoms with van der Waals surface area (Å²) in [6.07, 6.45) is 4.22. The summed E-state index contributed by atoms with van der Waals surface area (Å²) >= 11 is 6.56. The maximum atomic E-state index is 6.56. The molecule has 0 aliphatic carbocycles. The van der Waals surface area contributed by atoms with Gasteiger partial charge in [0.05, 0.1) is 12.2 Å². The molecule has 0 spiro atoms. The van der Waals surface area contributed by atoms with Crippen LogP contribution in [0.4, 0.5) is 17.5 Å². The van der Waals surface area contributed by atoms with Gasteiger partial charge in [-0.15, -0.1) is 0 Å². The van der Waals surface area contributed by atoms with Gasteiger partial charge in [0.15, 0.2) is 11.0 Å². The number of rotatable bonds is 11. The van der Waals surface area contributed by atoms with Crippen LogP contribution in [0.1, 0.15) is 49.1 Å². The van der Waals surface area contributed by atoms with Crippen LogP contribution >= 0.6 is 11.6 Å². The van der Waals surface area contributed by atoms with Crippen LogP contribution in [0.2, 0.25) is 5.15 Å². The molecule has 172 valence electrons. The summed E-state index contributed by atoms with van der Waals surface area (Å²) in [6.45, 7) is 15.3. The van der Waals surface area contributed by atoms with Crippen LogP contribution in [0.3, 0.4) is 0 Å². The SMILES string of the molecule is CCCN(CCC)CCN(C)c1c(Cl)nc(N)nc1N(C)Cc1ncc(C)c(C)c1C. The van der Waals surface area contributed by atoms with Gasteiger partial charge in [-0.1, -0.05) is 25.4 Å². The van der Waals surface area contributed by atoms with Crippen LogP contribution in [0, 0.1) is 20.8 Å². The number of pyridine rings is 1. The molecule has 0 fully saturated rings. The second kappa shape index (κ2) is 11.5. The van der Waals surface area contributed by atoms with Crippen molar-refractivity contribution in [1.29, 1.82) is 0 Å². The highest BCUT2D eigenvalue weighted by Crippen LogP contribution is 2.34.